The molecule has 1 aliphatic heterocycles. The van der Waals surface area contributed by atoms with Gasteiger partial charge in [0, 0.05) is 37.0 Å². The molecule has 1 atom stereocenters. The number of halogens is 2. The molecule has 4 rings (SSSR count). The molecule has 0 aliphatic carbocycles. The number of aromatic nitrogens is 3. The summed E-state index contributed by atoms with van der Waals surface area (Å²) in [6.07, 6.45) is 1.67. The van der Waals surface area contributed by atoms with Gasteiger partial charge in [0.2, 0.25) is 0 Å². The van der Waals surface area contributed by atoms with Crippen molar-refractivity contribution in [1.29, 1.82) is 0 Å². The van der Waals surface area contributed by atoms with Crippen LogP contribution in [0.4, 0.5) is 10.2 Å². The lowest BCUT2D eigenvalue weighted by Gasteiger charge is -2.39. The first-order valence-electron chi connectivity index (χ1n) is 8.78. The Labute approximate surface area is 174 Å². The van der Waals surface area contributed by atoms with Gasteiger partial charge >= 0.3 is 0 Å². The number of anilines is 1. The van der Waals surface area contributed by atoms with E-state index in [4.69, 9.17) is 25.8 Å². The monoisotopic (exact) mass is 436 g/mol. The second-order valence-electron chi connectivity index (χ2n) is 6.54. The molecular weight excluding hydrogens is 418 g/mol. The van der Waals surface area contributed by atoms with E-state index in [0.717, 1.165) is 5.39 Å². The first kappa shape index (κ1) is 20.0. The van der Waals surface area contributed by atoms with Gasteiger partial charge in [-0.2, -0.15) is 0 Å². The molecule has 1 fully saturated rings. The molecule has 10 heteroatoms. The molecule has 1 aliphatic rings. The van der Waals surface area contributed by atoms with Crippen LogP contribution in [0, 0.1) is 5.82 Å². The van der Waals surface area contributed by atoms with Crippen LogP contribution in [0.25, 0.3) is 22.3 Å². The number of pyridine rings is 1. The fourth-order valence-corrected chi connectivity index (χ4v) is 3.88. The maximum Gasteiger partial charge on any atom is 0.176 e. The van der Waals surface area contributed by atoms with E-state index in [2.05, 4.69) is 24.2 Å². The van der Waals surface area contributed by atoms with Gasteiger partial charge < -0.3 is 19.1 Å². The van der Waals surface area contributed by atoms with Crippen LogP contribution in [0.5, 0.6) is 11.5 Å². The predicted molar refractivity (Wildman–Crippen MR) is 113 cm³/mol. The molecule has 0 amide bonds. The third kappa shape index (κ3) is 3.45. The minimum Gasteiger partial charge on any atom is -0.496 e. The van der Waals surface area contributed by atoms with Crippen LogP contribution in [0.15, 0.2) is 18.3 Å². The van der Waals surface area contributed by atoms with Crippen LogP contribution >= 0.6 is 20.8 Å². The fourth-order valence-electron chi connectivity index (χ4n) is 3.26. The van der Waals surface area contributed by atoms with E-state index in [1.165, 1.54) is 20.3 Å². The van der Waals surface area contributed by atoms with Crippen molar-refractivity contribution in [2.24, 2.45) is 0 Å². The average molecular weight is 437 g/mol. The molecule has 1 saturated heterocycles. The second-order valence-corrected chi connectivity index (χ2v) is 7.51. The maximum atomic E-state index is 15.2. The van der Waals surface area contributed by atoms with E-state index in [1.807, 2.05) is 4.90 Å². The van der Waals surface area contributed by atoms with Crippen LogP contribution in [-0.2, 0) is 4.74 Å². The number of rotatable bonds is 5. The molecule has 0 bridgehead atoms. The highest BCUT2D eigenvalue weighted by molar-refractivity contribution is 7.28. The Morgan fingerprint density at radius 1 is 1.14 bits per heavy atom. The van der Waals surface area contributed by atoms with Gasteiger partial charge in [-0.05, 0) is 6.07 Å². The number of nitrogens with zero attached hydrogens (tertiary/aromatic N) is 4. The van der Waals surface area contributed by atoms with Crippen molar-refractivity contribution in [1.82, 2.24) is 15.0 Å². The van der Waals surface area contributed by atoms with Crippen LogP contribution in [-0.4, -0.2) is 55.5 Å². The van der Waals surface area contributed by atoms with Crippen molar-refractivity contribution in [3.05, 3.63) is 29.3 Å². The van der Waals surface area contributed by atoms with E-state index in [0.29, 0.717) is 40.6 Å². The topological polar surface area (TPSA) is 69.6 Å². The van der Waals surface area contributed by atoms with Gasteiger partial charge in [0.05, 0.1) is 37.6 Å². The van der Waals surface area contributed by atoms with E-state index in [9.17, 15) is 0 Å². The first-order chi connectivity index (χ1) is 14.0. The molecule has 29 heavy (non-hydrogen) atoms. The van der Waals surface area contributed by atoms with E-state index >= 15 is 4.39 Å². The Balaban J connectivity index is 1.95. The molecule has 2 aromatic heterocycles. The Morgan fingerprint density at radius 3 is 2.52 bits per heavy atom. The van der Waals surface area contributed by atoms with E-state index in [-0.39, 0.29) is 23.2 Å². The molecule has 0 N–H and O–H groups in total. The standard InChI is InChI=1S/C19H19ClFN4O3P/c1-26-9-7-25(8-9)19-10-4-14(20)22-6-11(10)23-18(24-19)15-16(21)12(27-2)5-13(28-3)17(15)29/h4-6,9H,7-8,29H2,1-3H3. The number of methoxy groups -OCH3 is 3. The van der Waals surface area contributed by atoms with Crippen molar-refractivity contribution >= 4 is 42.9 Å². The molecule has 3 heterocycles. The molecule has 0 radical (unpaired) electrons. The Kier molecular flexibility index (Phi) is 5.42. The Morgan fingerprint density at radius 2 is 1.86 bits per heavy atom. The molecule has 1 aromatic carbocycles. The minimum absolute atomic E-state index is 0.0472. The normalized spacial score (nSPS) is 14.2. The van der Waals surface area contributed by atoms with E-state index < -0.39 is 5.82 Å². The SMILES string of the molecule is COc1cc(OC)c(P)c(-c2nc(N3CC(OC)C3)c3cc(Cl)ncc3n2)c1F. The van der Waals surface area contributed by atoms with Crippen LogP contribution < -0.4 is 19.7 Å². The fraction of sp³-hybridized carbons (Fsp3) is 0.316. The molecule has 0 saturated carbocycles. The number of ether oxygens (including phenoxy) is 3. The summed E-state index contributed by atoms with van der Waals surface area (Å²) in [5.74, 6) is 0.784. The lowest BCUT2D eigenvalue weighted by Crippen LogP contribution is -2.52. The van der Waals surface area contributed by atoms with Crippen LogP contribution in [0.1, 0.15) is 0 Å². The third-order valence-corrected chi connectivity index (χ3v) is 5.69. The molecule has 0 spiro atoms. The van der Waals surface area contributed by atoms with Gasteiger partial charge in [-0.1, -0.05) is 11.6 Å². The van der Waals surface area contributed by atoms with Crippen LogP contribution in [0.3, 0.4) is 0 Å². The van der Waals surface area contributed by atoms with Crippen molar-refractivity contribution in [2.75, 3.05) is 39.3 Å². The number of hydrogen-bond acceptors (Lipinski definition) is 7. The van der Waals surface area contributed by atoms with Gasteiger partial charge in [0.1, 0.15) is 16.7 Å². The number of benzene rings is 1. The molecule has 7 nitrogen and oxygen atoms in total. The second kappa shape index (κ2) is 7.86. The summed E-state index contributed by atoms with van der Waals surface area (Å²) in [4.78, 5) is 15.4. The van der Waals surface area contributed by atoms with Crippen molar-refractivity contribution in [3.8, 4) is 22.9 Å². The lowest BCUT2D eigenvalue weighted by atomic mass is 10.1. The summed E-state index contributed by atoms with van der Waals surface area (Å²) < 4.78 is 31.1. The smallest absolute Gasteiger partial charge is 0.176 e. The van der Waals surface area contributed by atoms with Gasteiger partial charge in [0.25, 0.3) is 0 Å². The van der Waals surface area contributed by atoms with Gasteiger partial charge in [-0.15, -0.1) is 9.24 Å². The van der Waals surface area contributed by atoms with Crippen molar-refractivity contribution in [3.63, 3.8) is 0 Å². The Hall–Kier alpha value is -2.28. The molecule has 152 valence electrons. The zero-order valence-corrected chi connectivity index (χ0v) is 18.0. The van der Waals surface area contributed by atoms with E-state index in [1.54, 1.807) is 19.4 Å². The highest BCUT2D eigenvalue weighted by atomic mass is 35.5. The summed E-state index contributed by atoms with van der Waals surface area (Å²) >= 11 is 6.09. The van der Waals surface area contributed by atoms with Crippen LogP contribution in [0.2, 0.25) is 5.15 Å². The number of fused-ring (bicyclic) bond motifs is 1. The quantitative estimate of drug-likeness (QED) is 0.450. The summed E-state index contributed by atoms with van der Waals surface area (Å²) in [6.45, 7) is 1.33. The van der Waals surface area contributed by atoms with Crippen molar-refractivity contribution in [2.45, 2.75) is 6.10 Å². The summed E-state index contributed by atoms with van der Waals surface area (Å²) in [5, 5.41) is 1.57. The maximum absolute atomic E-state index is 15.2. The van der Waals surface area contributed by atoms with Gasteiger partial charge in [-0.25, -0.2) is 19.3 Å². The minimum atomic E-state index is -0.566. The molecular formula is C19H19ClFN4O3P. The zero-order valence-electron chi connectivity index (χ0n) is 16.1. The first-order valence-corrected chi connectivity index (χ1v) is 9.73. The zero-order chi connectivity index (χ0) is 20.7. The average Bonchev–Trinajstić information content (AvgIpc) is 2.68. The largest absolute Gasteiger partial charge is 0.496 e. The molecule has 1 unspecified atom stereocenters. The Bertz CT molecular complexity index is 1070. The van der Waals surface area contributed by atoms with Crippen molar-refractivity contribution < 1.29 is 18.6 Å². The summed E-state index contributed by atoms with van der Waals surface area (Å²) in [5.41, 5.74) is 0.744. The van der Waals surface area contributed by atoms with Gasteiger partial charge in [-0.3, -0.25) is 0 Å². The van der Waals surface area contributed by atoms with Gasteiger partial charge in [0.15, 0.2) is 17.4 Å². The molecule has 3 aromatic rings. The summed E-state index contributed by atoms with van der Waals surface area (Å²) in [7, 11) is 7.07. The summed E-state index contributed by atoms with van der Waals surface area (Å²) in [6, 6.07) is 3.20. The third-order valence-electron chi connectivity index (χ3n) is 4.91. The number of hydrogen-bond donors (Lipinski definition) is 0. The lowest BCUT2D eigenvalue weighted by molar-refractivity contribution is 0.0785. The highest BCUT2D eigenvalue weighted by Gasteiger charge is 2.30. The highest BCUT2D eigenvalue weighted by Crippen LogP contribution is 2.36. The predicted octanol–water partition coefficient (Wildman–Crippen LogP) is 2.84.